The van der Waals surface area contributed by atoms with Crippen LogP contribution in [0.1, 0.15) is 20.3 Å². The molecule has 0 spiro atoms. The lowest BCUT2D eigenvalue weighted by Crippen LogP contribution is -2.30. The fraction of sp³-hybridized carbons (Fsp3) is 0.667. The number of carboxylic acids is 2. The second-order valence-corrected chi connectivity index (χ2v) is 1.88. The van der Waals surface area contributed by atoms with E-state index in [9.17, 15) is 9.59 Å². The molecule has 0 aromatic carbocycles. The largest absolute Gasteiger partial charge is 0.481 e. The van der Waals surface area contributed by atoms with Crippen molar-refractivity contribution in [2.75, 3.05) is 0 Å². The summed E-state index contributed by atoms with van der Waals surface area (Å²) in [5, 5.41) is 16.3. The fourth-order valence-electron chi connectivity index (χ4n) is 0.402. The van der Waals surface area contributed by atoms with E-state index in [1.807, 2.05) is 0 Å². The second kappa shape index (κ2) is 5.67. The quantitative estimate of drug-likeness (QED) is 0.537. The van der Waals surface area contributed by atoms with Crippen LogP contribution in [0.2, 0.25) is 0 Å². The molecular formula is C6H13NO4. The molecule has 0 rings (SSSR count). The van der Waals surface area contributed by atoms with Crippen LogP contribution in [0, 0.1) is 0 Å². The molecule has 0 bridgehead atoms. The van der Waals surface area contributed by atoms with Gasteiger partial charge in [-0.2, -0.15) is 0 Å². The van der Waals surface area contributed by atoms with Crippen molar-refractivity contribution in [3.05, 3.63) is 0 Å². The molecule has 0 fully saturated rings. The van der Waals surface area contributed by atoms with Gasteiger partial charge in [0, 0.05) is 6.42 Å². The minimum absolute atomic E-state index is 0. The highest BCUT2D eigenvalue weighted by atomic mass is 16.4. The van der Waals surface area contributed by atoms with Crippen molar-refractivity contribution in [3.8, 4) is 0 Å². The molecule has 0 aromatic heterocycles. The van der Waals surface area contributed by atoms with Crippen molar-refractivity contribution in [2.45, 2.75) is 26.3 Å². The van der Waals surface area contributed by atoms with Gasteiger partial charge in [0.1, 0.15) is 6.04 Å². The average Bonchev–Trinajstić information content (AvgIpc) is 1.82. The van der Waals surface area contributed by atoms with Crippen LogP contribution in [0.25, 0.3) is 0 Å². The van der Waals surface area contributed by atoms with Crippen LogP contribution in [-0.4, -0.2) is 28.2 Å². The lowest BCUT2D eigenvalue weighted by atomic mass is 10.2. The Morgan fingerprint density at radius 2 is 1.82 bits per heavy atom. The Kier molecular flexibility index (Phi) is 6.47. The molecule has 4 N–H and O–H groups in total. The molecule has 0 aliphatic heterocycles. The summed E-state index contributed by atoms with van der Waals surface area (Å²) < 4.78 is 0. The van der Waals surface area contributed by atoms with E-state index in [1.165, 1.54) is 0 Å². The van der Waals surface area contributed by atoms with E-state index < -0.39 is 18.0 Å². The van der Waals surface area contributed by atoms with E-state index in [2.05, 4.69) is 0 Å². The summed E-state index contributed by atoms with van der Waals surface area (Å²) in [6.45, 7) is 0. The molecule has 0 unspecified atom stereocenters. The normalized spacial score (nSPS) is 11.4. The monoisotopic (exact) mass is 163 g/mol. The smallest absolute Gasteiger partial charge is 0.320 e. The molecule has 0 aliphatic carbocycles. The lowest BCUT2D eigenvalue weighted by molar-refractivity contribution is -0.139. The van der Waals surface area contributed by atoms with Gasteiger partial charge in [-0.1, -0.05) is 7.43 Å². The maximum atomic E-state index is 9.99. The molecule has 1 atom stereocenters. The van der Waals surface area contributed by atoms with Crippen molar-refractivity contribution in [1.29, 1.82) is 0 Å². The van der Waals surface area contributed by atoms with E-state index in [0.717, 1.165) is 0 Å². The van der Waals surface area contributed by atoms with Gasteiger partial charge >= 0.3 is 11.9 Å². The van der Waals surface area contributed by atoms with Gasteiger partial charge in [0.05, 0.1) is 0 Å². The Bertz CT molecular complexity index is 146. The van der Waals surface area contributed by atoms with Gasteiger partial charge in [0.25, 0.3) is 0 Å². The third-order valence-electron chi connectivity index (χ3n) is 0.986. The summed E-state index contributed by atoms with van der Waals surface area (Å²) in [5.41, 5.74) is 5.00. The minimum atomic E-state index is -1.17. The molecule has 0 aromatic rings. The first kappa shape index (κ1) is 12.6. The van der Waals surface area contributed by atoms with E-state index in [1.54, 1.807) is 0 Å². The van der Waals surface area contributed by atoms with Crippen LogP contribution >= 0.6 is 0 Å². The standard InChI is InChI=1S/C5H9NO4.CH4/c6-3(5(9)10)1-2-4(7)8;/h3H,1-2,6H2,(H,7,8)(H,9,10);1H4/t3-;/m0./s1. The topological polar surface area (TPSA) is 101 Å². The van der Waals surface area contributed by atoms with Gasteiger partial charge in [0.15, 0.2) is 0 Å². The molecule has 11 heavy (non-hydrogen) atoms. The van der Waals surface area contributed by atoms with Gasteiger partial charge in [-0.05, 0) is 6.42 Å². The SMILES string of the molecule is C.N[C@@H](CCC(=O)O)C(=O)O. The van der Waals surface area contributed by atoms with Gasteiger partial charge < -0.3 is 15.9 Å². The predicted molar refractivity (Wildman–Crippen MR) is 39.2 cm³/mol. The summed E-state index contributed by atoms with van der Waals surface area (Å²) in [4.78, 5) is 19.9. The molecule has 0 radical (unpaired) electrons. The second-order valence-electron chi connectivity index (χ2n) is 1.88. The Labute approximate surface area is 64.8 Å². The van der Waals surface area contributed by atoms with Crippen molar-refractivity contribution >= 4 is 11.9 Å². The van der Waals surface area contributed by atoms with Crippen molar-refractivity contribution in [1.82, 2.24) is 0 Å². The Hall–Kier alpha value is -1.10. The molecule has 0 amide bonds. The molecule has 5 nitrogen and oxygen atoms in total. The van der Waals surface area contributed by atoms with Gasteiger partial charge in [-0.15, -0.1) is 0 Å². The number of hydrogen-bond acceptors (Lipinski definition) is 3. The van der Waals surface area contributed by atoms with E-state index >= 15 is 0 Å². The highest BCUT2D eigenvalue weighted by molar-refractivity contribution is 5.74. The Morgan fingerprint density at radius 3 is 2.09 bits per heavy atom. The van der Waals surface area contributed by atoms with Crippen molar-refractivity contribution < 1.29 is 19.8 Å². The first-order chi connectivity index (χ1) is 4.54. The van der Waals surface area contributed by atoms with Crippen molar-refractivity contribution in [2.24, 2.45) is 5.73 Å². The maximum Gasteiger partial charge on any atom is 0.320 e. The number of carboxylic acid groups (broad SMARTS) is 2. The number of aliphatic carboxylic acids is 2. The first-order valence-corrected chi connectivity index (χ1v) is 2.74. The summed E-state index contributed by atoms with van der Waals surface area (Å²) >= 11 is 0. The van der Waals surface area contributed by atoms with Crippen LogP contribution < -0.4 is 5.73 Å². The van der Waals surface area contributed by atoms with E-state index in [4.69, 9.17) is 15.9 Å². The zero-order valence-electron chi connectivity index (χ0n) is 5.28. The molecule has 0 saturated heterocycles. The van der Waals surface area contributed by atoms with Crippen LogP contribution in [0.15, 0.2) is 0 Å². The molecule has 66 valence electrons. The third kappa shape index (κ3) is 6.79. The number of carbonyl (C=O) groups is 2. The highest BCUT2D eigenvalue weighted by Gasteiger charge is 2.12. The Morgan fingerprint density at radius 1 is 1.36 bits per heavy atom. The summed E-state index contributed by atoms with van der Waals surface area (Å²) in [6, 6.07) is -1.06. The summed E-state index contributed by atoms with van der Waals surface area (Å²) in [6.07, 6.45) is -0.224. The van der Waals surface area contributed by atoms with Crippen LogP contribution in [0.5, 0.6) is 0 Å². The van der Waals surface area contributed by atoms with Crippen LogP contribution in [-0.2, 0) is 9.59 Å². The minimum Gasteiger partial charge on any atom is -0.481 e. The third-order valence-corrected chi connectivity index (χ3v) is 0.986. The molecule has 0 heterocycles. The van der Waals surface area contributed by atoms with Gasteiger partial charge in [0.2, 0.25) is 0 Å². The van der Waals surface area contributed by atoms with Crippen LogP contribution in [0.4, 0.5) is 0 Å². The molecule has 5 heteroatoms. The molecule has 0 saturated carbocycles. The van der Waals surface area contributed by atoms with E-state index in [-0.39, 0.29) is 20.3 Å². The highest BCUT2D eigenvalue weighted by Crippen LogP contribution is 1.93. The number of rotatable bonds is 4. The molecule has 0 aliphatic rings. The lowest BCUT2D eigenvalue weighted by Gasteiger charge is -2.01. The summed E-state index contributed by atoms with van der Waals surface area (Å²) in [7, 11) is 0. The molecular weight excluding hydrogens is 150 g/mol. The average molecular weight is 163 g/mol. The van der Waals surface area contributed by atoms with Gasteiger partial charge in [-0.25, -0.2) is 0 Å². The van der Waals surface area contributed by atoms with Gasteiger partial charge in [-0.3, -0.25) is 9.59 Å². The Balaban J connectivity index is 0. The fourth-order valence-corrected chi connectivity index (χ4v) is 0.402. The zero-order valence-corrected chi connectivity index (χ0v) is 5.28. The maximum absolute atomic E-state index is 9.99. The zero-order chi connectivity index (χ0) is 8.15. The van der Waals surface area contributed by atoms with E-state index in [0.29, 0.717) is 0 Å². The first-order valence-electron chi connectivity index (χ1n) is 2.74. The predicted octanol–water partition coefficient (Wildman–Crippen LogP) is -0.101. The number of nitrogens with two attached hydrogens (primary N) is 1. The van der Waals surface area contributed by atoms with Crippen molar-refractivity contribution in [3.63, 3.8) is 0 Å². The summed E-state index contributed by atoms with van der Waals surface area (Å²) in [5.74, 6) is -2.20. The number of hydrogen-bond donors (Lipinski definition) is 3. The van der Waals surface area contributed by atoms with Crippen LogP contribution in [0.3, 0.4) is 0 Å².